The van der Waals surface area contributed by atoms with E-state index in [-0.39, 0.29) is 11.9 Å². The number of rotatable bonds is 4. The van der Waals surface area contributed by atoms with Gasteiger partial charge in [0.15, 0.2) is 0 Å². The van der Waals surface area contributed by atoms with E-state index in [9.17, 15) is 4.79 Å². The van der Waals surface area contributed by atoms with Gasteiger partial charge >= 0.3 is 0 Å². The first-order chi connectivity index (χ1) is 7.15. The monoisotopic (exact) mass is 225 g/mol. The molecular formula is C12H16ClNO. The summed E-state index contributed by atoms with van der Waals surface area (Å²) in [6.07, 6.45) is 0.860. The number of hydrogen-bond acceptors (Lipinski definition) is 1. The molecule has 15 heavy (non-hydrogen) atoms. The Hall–Kier alpha value is -1.02. The summed E-state index contributed by atoms with van der Waals surface area (Å²) in [5.41, 5.74) is 1.12. The molecule has 1 aromatic rings. The SMILES string of the molecule is CC[C@@H](NC(=O)[C@H](C)Cl)c1ccccc1. The summed E-state index contributed by atoms with van der Waals surface area (Å²) >= 11 is 5.70. The topological polar surface area (TPSA) is 29.1 Å². The molecule has 0 saturated heterocycles. The summed E-state index contributed by atoms with van der Waals surface area (Å²) in [6, 6.07) is 9.96. The summed E-state index contributed by atoms with van der Waals surface area (Å²) in [5, 5.41) is 2.43. The van der Waals surface area contributed by atoms with Gasteiger partial charge in [-0.15, -0.1) is 11.6 Å². The molecule has 0 aliphatic rings. The molecule has 0 saturated carbocycles. The fraction of sp³-hybridized carbons (Fsp3) is 0.417. The van der Waals surface area contributed by atoms with Crippen LogP contribution in [-0.4, -0.2) is 11.3 Å². The lowest BCUT2D eigenvalue weighted by Crippen LogP contribution is -2.33. The van der Waals surface area contributed by atoms with E-state index in [1.807, 2.05) is 37.3 Å². The second kappa shape index (κ2) is 5.76. The molecule has 0 fully saturated rings. The minimum atomic E-state index is -0.484. The summed E-state index contributed by atoms with van der Waals surface area (Å²) in [4.78, 5) is 11.4. The Morgan fingerprint density at radius 1 is 1.40 bits per heavy atom. The van der Waals surface area contributed by atoms with Crippen molar-refractivity contribution in [2.75, 3.05) is 0 Å². The summed E-state index contributed by atoms with van der Waals surface area (Å²) in [7, 11) is 0. The quantitative estimate of drug-likeness (QED) is 0.785. The summed E-state index contributed by atoms with van der Waals surface area (Å²) in [6.45, 7) is 3.71. The van der Waals surface area contributed by atoms with Gasteiger partial charge in [0.25, 0.3) is 0 Å². The summed E-state index contributed by atoms with van der Waals surface area (Å²) in [5.74, 6) is -0.118. The highest BCUT2D eigenvalue weighted by atomic mass is 35.5. The molecule has 0 aromatic heterocycles. The van der Waals surface area contributed by atoms with E-state index in [0.717, 1.165) is 12.0 Å². The van der Waals surface area contributed by atoms with Gasteiger partial charge in [-0.05, 0) is 18.9 Å². The van der Waals surface area contributed by atoms with E-state index in [2.05, 4.69) is 5.32 Å². The van der Waals surface area contributed by atoms with Crippen molar-refractivity contribution < 1.29 is 4.79 Å². The van der Waals surface area contributed by atoms with Crippen LogP contribution in [0.25, 0.3) is 0 Å². The van der Waals surface area contributed by atoms with E-state index in [1.54, 1.807) is 6.92 Å². The Morgan fingerprint density at radius 3 is 2.47 bits per heavy atom. The Kier molecular flexibility index (Phi) is 4.63. The van der Waals surface area contributed by atoms with E-state index in [4.69, 9.17) is 11.6 Å². The Bertz CT molecular complexity index is 311. The van der Waals surface area contributed by atoms with Crippen molar-refractivity contribution in [1.29, 1.82) is 0 Å². The van der Waals surface area contributed by atoms with Crippen molar-refractivity contribution in [3.63, 3.8) is 0 Å². The largest absolute Gasteiger partial charge is 0.348 e. The van der Waals surface area contributed by atoms with Crippen LogP contribution in [0.3, 0.4) is 0 Å². The van der Waals surface area contributed by atoms with E-state index < -0.39 is 5.38 Å². The van der Waals surface area contributed by atoms with Crippen molar-refractivity contribution >= 4 is 17.5 Å². The molecule has 0 bridgehead atoms. The normalized spacial score (nSPS) is 14.3. The molecule has 1 amide bonds. The number of alkyl halides is 1. The lowest BCUT2D eigenvalue weighted by Gasteiger charge is -2.18. The number of carbonyl (C=O) groups is 1. The van der Waals surface area contributed by atoms with Crippen molar-refractivity contribution in [2.24, 2.45) is 0 Å². The van der Waals surface area contributed by atoms with Crippen LogP contribution in [0, 0.1) is 0 Å². The van der Waals surface area contributed by atoms with Gasteiger partial charge in [0.1, 0.15) is 5.38 Å². The lowest BCUT2D eigenvalue weighted by molar-refractivity contribution is -0.121. The number of amides is 1. The molecule has 1 aromatic carbocycles. The van der Waals surface area contributed by atoms with Gasteiger partial charge in [0, 0.05) is 0 Å². The van der Waals surface area contributed by atoms with Gasteiger partial charge in [0.2, 0.25) is 5.91 Å². The van der Waals surface area contributed by atoms with Gasteiger partial charge in [-0.3, -0.25) is 4.79 Å². The van der Waals surface area contributed by atoms with E-state index >= 15 is 0 Å². The number of nitrogens with one attached hydrogen (secondary N) is 1. The van der Waals surface area contributed by atoms with Gasteiger partial charge in [-0.2, -0.15) is 0 Å². The van der Waals surface area contributed by atoms with Crippen molar-refractivity contribution in [3.8, 4) is 0 Å². The van der Waals surface area contributed by atoms with Crippen LogP contribution in [0.4, 0.5) is 0 Å². The molecule has 1 rings (SSSR count). The van der Waals surface area contributed by atoms with Crippen LogP contribution < -0.4 is 5.32 Å². The number of hydrogen-bond donors (Lipinski definition) is 1. The molecule has 82 valence electrons. The average molecular weight is 226 g/mol. The lowest BCUT2D eigenvalue weighted by atomic mass is 10.0. The van der Waals surface area contributed by atoms with Crippen LogP contribution in [0.2, 0.25) is 0 Å². The van der Waals surface area contributed by atoms with Crippen LogP contribution in [-0.2, 0) is 4.79 Å². The summed E-state index contributed by atoms with van der Waals surface area (Å²) < 4.78 is 0. The number of benzene rings is 1. The molecule has 0 aliphatic heterocycles. The first-order valence-corrected chi connectivity index (χ1v) is 5.58. The molecule has 1 N–H and O–H groups in total. The maximum Gasteiger partial charge on any atom is 0.238 e. The second-order valence-electron chi connectivity index (χ2n) is 3.50. The second-order valence-corrected chi connectivity index (χ2v) is 4.15. The van der Waals surface area contributed by atoms with Crippen LogP contribution in [0.1, 0.15) is 31.9 Å². The van der Waals surface area contributed by atoms with Crippen LogP contribution >= 0.6 is 11.6 Å². The Labute approximate surface area is 95.6 Å². The van der Waals surface area contributed by atoms with Gasteiger partial charge in [-0.25, -0.2) is 0 Å². The van der Waals surface area contributed by atoms with E-state index in [1.165, 1.54) is 0 Å². The minimum Gasteiger partial charge on any atom is -0.348 e. The predicted molar refractivity (Wildman–Crippen MR) is 62.9 cm³/mol. The fourth-order valence-corrected chi connectivity index (χ4v) is 1.46. The molecular weight excluding hydrogens is 210 g/mol. The molecule has 0 aliphatic carbocycles. The smallest absolute Gasteiger partial charge is 0.238 e. The first kappa shape index (κ1) is 12.1. The molecule has 0 radical (unpaired) electrons. The standard InChI is InChI=1S/C12H16ClNO/c1-3-11(14-12(15)9(2)13)10-7-5-4-6-8-10/h4-9,11H,3H2,1-2H3,(H,14,15)/t9-,11+/m0/s1. The number of halogens is 1. The highest BCUT2D eigenvalue weighted by molar-refractivity contribution is 6.30. The van der Waals surface area contributed by atoms with Gasteiger partial charge < -0.3 is 5.32 Å². The third kappa shape index (κ3) is 3.56. The van der Waals surface area contributed by atoms with E-state index in [0.29, 0.717) is 0 Å². The van der Waals surface area contributed by atoms with Gasteiger partial charge in [0.05, 0.1) is 6.04 Å². The zero-order valence-corrected chi connectivity index (χ0v) is 9.79. The molecule has 2 atom stereocenters. The maximum atomic E-state index is 11.4. The van der Waals surface area contributed by atoms with Crippen molar-refractivity contribution in [2.45, 2.75) is 31.7 Å². The predicted octanol–water partition coefficient (Wildman–Crippen LogP) is 2.88. The fourth-order valence-electron chi connectivity index (χ4n) is 1.39. The maximum absolute atomic E-state index is 11.4. The van der Waals surface area contributed by atoms with Crippen LogP contribution in [0.5, 0.6) is 0 Å². The molecule has 0 spiro atoms. The van der Waals surface area contributed by atoms with Crippen LogP contribution in [0.15, 0.2) is 30.3 Å². The minimum absolute atomic E-state index is 0.0555. The Balaban J connectivity index is 2.69. The average Bonchev–Trinajstić information content (AvgIpc) is 2.26. The third-order valence-electron chi connectivity index (χ3n) is 2.29. The highest BCUT2D eigenvalue weighted by Crippen LogP contribution is 2.16. The molecule has 3 heteroatoms. The third-order valence-corrected chi connectivity index (χ3v) is 2.49. The number of carbonyl (C=O) groups excluding carboxylic acids is 1. The first-order valence-electron chi connectivity index (χ1n) is 5.14. The zero-order chi connectivity index (χ0) is 11.3. The highest BCUT2D eigenvalue weighted by Gasteiger charge is 2.15. The molecule has 0 heterocycles. The van der Waals surface area contributed by atoms with Gasteiger partial charge in [-0.1, -0.05) is 37.3 Å². The van der Waals surface area contributed by atoms with Crippen molar-refractivity contribution in [3.05, 3.63) is 35.9 Å². The molecule has 2 nitrogen and oxygen atoms in total. The van der Waals surface area contributed by atoms with Crippen molar-refractivity contribution in [1.82, 2.24) is 5.32 Å². The zero-order valence-electron chi connectivity index (χ0n) is 9.03. The molecule has 0 unspecified atom stereocenters. The Morgan fingerprint density at radius 2 is 2.00 bits per heavy atom.